The fraction of sp³-hybridized carbons (Fsp3) is 0.333. The third-order valence-electron chi connectivity index (χ3n) is 2.74. The number of rotatable bonds is 4. The lowest BCUT2D eigenvalue weighted by molar-refractivity contribution is 0.476. The van der Waals surface area contributed by atoms with Gasteiger partial charge in [0.15, 0.2) is 0 Å². The molecule has 0 unspecified atom stereocenters. The summed E-state index contributed by atoms with van der Waals surface area (Å²) in [6.45, 7) is 0.382. The molecule has 1 atom stereocenters. The van der Waals surface area contributed by atoms with Crippen molar-refractivity contribution < 1.29 is 0 Å². The molecule has 5 nitrogen and oxygen atoms in total. The lowest BCUT2D eigenvalue weighted by Gasteiger charge is -2.07. The van der Waals surface area contributed by atoms with Crippen molar-refractivity contribution in [1.82, 2.24) is 15.0 Å². The molecule has 0 saturated heterocycles. The van der Waals surface area contributed by atoms with Crippen LogP contribution >= 0.6 is 23.2 Å². The summed E-state index contributed by atoms with van der Waals surface area (Å²) in [6, 6.07) is 7.51. The molecule has 0 bridgehead atoms. The smallest absolute Gasteiger partial charge is 0.114 e. The quantitative estimate of drug-likeness (QED) is 0.867. The Balaban J connectivity index is 2.28. The van der Waals surface area contributed by atoms with Gasteiger partial charge in [-0.15, -0.1) is 5.10 Å². The summed E-state index contributed by atoms with van der Waals surface area (Å²) >= 11 is 11.9. The maximum absolute atomic E-state index is 9.05. The topological polar surface area (TPSA) is 78.3 Å². The van der Waals surface area contributed by atoms with Crippen LogP contribution in [0.25, 0.3) is 11.0 Å². The van der Waals surface area contributed by atoms with Gasteiger partial charge < -0.3 is 0 Å². The first-order valence-electron chi connectivity index (χ1n) is 5.60. The van der Waals surface area contributed by atoms with Crippen LogP contribution in [0.4, 0.5) is 0 Å². The Morgan fingerprint density at radius 1 is 1.26 bits per heavy atom. The number of halogens is 2. The second kappa shape index (κ2) is 5.88. The molecule has 2 rings (SSSR count). The maximum atomic E-state index is 9.05. The summed E-state index contributed by atoms with van der Waals surface area (Å²) in [7, 11) is 0. The molecule has 0 saturated carbocycles. The molecule has 1 aromatic carbocycles. The first kappa shape index (κ1) is 13.6. The summed E-state index contributed by atoms with van der Waals surface area (Å²) in [5.74, 6) is -0.279. The zero-order chi connectivity index (χ0) is 13.8. The molecule has 7 heteroatoms. The molecule has 2 aromatic rings. The molecule has 0 aliphatic carbocycles. The Morgan fingerprint density at radius 2 is 2.00 bits per heavy atom. The van der Waals surface area contributed by atoms with E-state index >= 15 is 0 Å². The van der Waals surface area contributed by atoms with Crippen LogP contribution in [0.3, 0.4) is 0 Å². The molecule has 1 aromatic heterocycles. The Hall–Kier alpha value is -1.82. The van der Waals surface area contributed by atoms with Crippen molar-refractivity contribution in [2.75, 3.05) is 0 Å². The highest BCUT2D eigenvalue weighted by Gasteiger charge is 2.13. The van der Waals surface area contributed by atoms with E-state index in [2.05, 4.69) is 16.4 Å². The van der Waals surface area contributed by atoms with Crippen molar-refractivity contribution in [3.63, 3.8) is 0 Å². The summed E-state index contributed by atoms with van der Waals surface area (Å²) in [5.41, 5.74) is 1.36. The van der Waals surface area contributed by atoms with Gasteiger partial charge in [0.1, 0.15) is 5.52 Å². The SMILES string of the molecule is N#CCC[C@@H](C#N)Cn1nnc2cc(Cl)c(Cl)cc21. The number of aromatic nitrogens is 3. The van der Waals surface area contributed by atoms with Crippen molar-refractivity contribution in [3.8, 4) is 12.1 Å². The summed E-state index contributed by atoms with van der Waals surface area (Å²) in [6.07, 6.45) is 0.854. The predicted molar refractivity (Wildman–Crippen MR) is 71.5 cm³/mol. The van der Waals surface area contributed by atoms with Gasteiger partial charge >= 0.3 is 0 Å². The molecule has 19 heavy (non-hydrogen) atoms. The third-order valence-corrected chi connectivity index (χ3v) is 3.46. The van der Waals surface area contributed by atoms with Gasteiger partial charge in [-0.1, -0.05) is 28.4 Å². The van der Waals surface area contributed by atoms with Crippen LogP contribution < -0.4 is 0 Å². The average molecular weight is 294 g/mol. The van der Waals surface area contributed by atoms with E-state index in [4.69, 9.17) is 33.7 Å². The van der Waals surface area contributed by atoms with Gasteiger partial charge in [0.05, 0.1) is 40.2 Å². The minimum absolute atomic E-state index is 0.279. The Bertz CT molecular complexity index is 680. The van der Waals surface area contributed by atoms with Gasteiger partial charge in [0.2, 0.25) is 0 Å². The van der Waals surface area contributed by atoms with Crippen molar-refractivity contribution in [1.29, 1.82) is 10.5 Å². The first-order valence-corrected chi connectivity index (χ1v) is 6.36. The van der Waals surface area contributed by atoms with E-state index in [0.29, 0.717) is 34.9 Å². The number of hydrogen-bond acceptors (Lipinski definition) is 4. The monoisotopic (exact) mass is 293 g/mol. The number of nitrogens with zero attached hydrogens (tertiary/aromatic N) is 5. The number of hydrogen-bond donors (Lipinski definition) is 0. The van der Waals surface area contributed by atoms with Crippen LogP contribution in [0, 0.1) is 28.6 Å². The molecule has 0 spiro atoms. The number of fused-ring (bicyclic) bond motifs is 1. The molecule has 0 radical (unpaired) electrons. The summed E-state index contributed by atoms with van der Waals surface area (Å²) in [5, 5.41) is 26.4. The molecule has 0 N–H and O–H groups in total. The third kappa shape index (κ3) is 2.96. The van der Waals surface area contributed by atoms with Crippen LogP contribution in [0.15, 0.2) is 12.1 Å². The Labute approximate surface area is 119 Å². The highest BCUT2D eigenvalue weighted by atomic mass is 35.5. The minimum atomic E-state index is -0.279. The summed E-state index contributed by atoms with van der Waals surface area (Å²) in [4.78, 5) is 0. The maximum Gasteiger partial charge on any atom is 0.114 e. The number of benzene rings is 1. The van der Waals surface area contributed by atoms with Gasteiger partial charge in [0, 0.05) is 6.42 Å². The molecular weight excluding hydrogens is 285 g/mol. The van der Waals surface area contributed by atoms with Gasteiger partial charge in [-0.05, 0) is 18.6 Å². The fourth-order valence-corrected chi connectivity index (χ4v) is 2.06. The van der Waals surface area contributed by atoms with E-state index in [1.54, 1.807) is 16.8 Å². The fourth-order valence-electron chi connectivity index (χ4n) is 1.74. The highest BCUT2D eigenvalue weighted by molar-refractivity contribution is 6.42. The van der Waals surface area contributed by atoms with E-state index in [0.717, 1.165) is 5.52 Å². The van der Waals surface area contributed by atoms with Crippen molar-refractivity contribution in [2.45, 2.75) is 19.4 Å². The van der Waals surface area contributed by atoms with Crippen molar-refractivity contribution in [2.24, 2.45) is 5.92 Å². The zero-order valence-electron chi connectivity index (χ0n) is 9.85. The molecule has 96 valence electrons. The van der Waals surface area contributed by atoms with Crippen LogP contribution in [0.1, 0.15) is 12.8 Å². The van der Waals surface area contributed by atoms with E-state index in [1.165, 1.54) is 0 Å². The number of nitriles is 2. The van der Waals surface area contributed by atoms with E-state index in [9.17, 15) is 0 Å². The Morgan fingerprint density at radius 3 is 2.68 bits per heavy atom. The Kier molecular flexibility index (Phi) is 4.21. The molecule has 0 aliphatic heterocycles. The zero-order valence-corrected chi connectivity index (χ0v) is 11.4. The molecule has 1 heterocycles. The van der Waals surface area contributed by atoms with Gasteiger partial charge in [0.25, 0.3) is 0 Å². The van der Waals surface area contributed by atoms with E-state index < -0.39 is 0 Å². The summed E-state index contributed by atoms with van der Waals surface area (Å²) < 4.78 is 1.61. The van der Waals surface area contributed by atoms with Gasteiger partial charge in [-0.3, -0.25) is 0 Å². The van der Waals surface area contributed by atoms with Gasteiger partial charge in [-0.25, -0.2) is 4.68 Å². The largest absolute Gasteiger partial charge is 0.243 e. The first-order chi connectivity index (χ1) is 9.15. The standard InChI is InChI=1S/C12H9Cl2N5/c13-9-4-11-12(5-10(9)14)19(18-17-11)7-8(6-16)2-1-3-15/h4-5,8H,1-2,7H2/t8-/m0/s1. The molecular formula is C12H9Cl2N5. The van der Waals surface area contributed by atoms with E-state index in [1.807, 2.05) is 6.07 Å². The van der Waals surface area contributed by atoms with Crippen molar-refractivity contribution >= 4 is 34.2 Å². The molecule has 0 aliphatic rings. The second-order valence-electron chi connectivity index (χ2n) is 4.05. The van der Waals surface area contributed by atoms with Crippen LogP contribution in [-0.2, 0) is 6.54 Å². The van der Waals surface area contributed by atoms with Crippen LogP contribution in [0.5, 0.6) is 0 Å². The second-order valence-corrected chi connectivity index (χ2v) is 4.86. The lowest BCUT2D eigenvalue weighted by Crippen LogP contribution is -2.10. The van der Waals surface area contributed by atoms with Crippen molar-refractivity contribution in [3.05, 3.63) is 22.2 Å². The average Bonchev–Trinajstić information content (AvgIpc) is 2.77. The predicted octanol–water partition coefficient (Wildman–Crippen LogP) is 3.18. The normalized spacial score (nSPS) is 12.0. The molecule has 0 amide bonds. The lowest BCUT2D eigenvalue weighted by atomic mass is 10.1. The highest BCUT2D eigenvalue weighted by Crippen LogP contribution is 2.27. The molecule has 0 fully saturated rings. The van der Waals surface area contributed by atoms with E-state index in [-0.39, 0.29) is 5.92 Å². The van der Waals surface area contributed by atoms with Crippen LogP contribution in [0.2, 0.25) is 10.0 Å². The van der Waals surface area contributed by atoms with Gasteiger partial charge in [-0.2, -0.15) is 10.5 Å². The van der Waals surface area contributed by atoms with Crippen LogP contribution in [-0.4, -0.2) is 15.0 Å². The minimum Gasteiger partial charge on any atom is -0.243 e.